The molecule has 0 saturated heterocycles. The van der Waals surface area contributed by atoms with Gasteiger partial charge in [0.15, 0.2) is 0 Å². The molecule has 0 aliphatic heterocycles. The average Bonchev–Trinajstić information content (AvgIpc) is 3.01. The first kappa shape index (κ1) is 29.1. The smallest absolute Gasteiger partial charge is 0.252 e. The zero-order valence-electron chi connectivity index (χ0n) is 24.4. The number of hydrogen-bond donors (Lipinski definition) is 2. The van der Waals surface area contributed by atoms with Gasteiger partial charge in [0.25, 0.3) is 5.91 Å². The molecular formula is C36H39N3O3. The van der Waals surface area contributed by atoms with Crippen molar-refractivity contribution in [3.63, 3.8) is 0 Å². The van der Waals surface area contributed by atoms with Crippen LogP contribution >= 0.6 is 0 Å². The van der Waals surface area contributed by atoms with Gasteiger partial charge < -0.3 is 15.5 Å². The molecule has 1 unspecified atom stereocenters. The summed E-state index contributed by atoms with van der Waals surface area (Å²) >= 11 is 0. The Morgan fingerprint density at radius 1 is 0.786 bits per heavy atom. The van der Waals surface area contributed by atoms with E-state index >= 15 is 0 Å². The minimum atomic E-state index is -1.04. The van der Waals surface area contributed by atoms with Crippen LogP contribution in [0.3, 0.4) is 0 Å². The Morgan fingerprint density at radius 3 is 2.17 bits per heavy atom. The largest absolute Gasteiger partial charge is 0.338 e. The van der Waals surface area contributed by atoms with Crippen molar-refractivity contribution in [2.75, 3.05) is 7.05 Å². The first-order valence-corrected chi connectivity index (χ1v) is 14.8. The molecule has 3 amide bonds. The van der Waals surface area contributed by atoms with Crippen LogP contribution in [-0.4, -0.2) is 41.4 Å². The summed E-state index contributed by atoms with van der Waals surface area (Å²) in [6.45, 7) is 1.98. The van der Waals surface area contributed by atoms with Crippen molar-refractivity contribution < 1.29 is 14.4 Å². The van der Waals surface area contributed by atoms with E-state index in [2.05, 4.69) is 34.9 Å². The Bertz CT molecular complexity index is 1540. The lowest BCUT2D eigenvalue weighted by atomic mass is 9.80. The number of fused-ring (bicyclic) bond motifs is 1. The number of aryl methyl sites for hydroxylation is 1. The Morgan fingerprint density at radius 2 is 1.45 bits per heavy atom. The second kappa shape index (κ2) is 13.0. The highest BCUT2D eigenvalue weighted by atomic mass is 16.2. The highest BCUT2D eigenvalue weighted by molar-refractivity contribution is 5.99. The summed E-state index contributed by atoms with van der Waals surface area (Å²) in [5.74, 6) is -0.590. The lowest BCUT2D eigenvalue weighted by molar-refractivity contribution is -0.136. The second-order valence-corrected chi connectivity index (χ2v) is 11.5. The topological polar surface area (TPSA) is 78.5 Å². The maximum Gasteiger partial charge on any atom is 0.252 e. The lowest BCUT2D eigenvalue weighted by Crippen LogP contribution is -2.63. The standard InChI is InChI=1S/C36H39N3O3/c1-26-15-18-30(19-16-26)34(41)38-36(21-9-4-10-22-36)35(42)37-32(39(2)33(40)25-27-11-5-3-6-12-27)24-28-17-20-29-13-7-8-14-31(29)23-28/h3,5-8,11-20,23,32H,4,9-10,21-22,24-25H2,1-2H3,(H,37,42)(H,38,41). The van der Waals surface area contributed by atoms with Crippen molar-refractivity contribution in [2.45, 2.75) is 63.6 Å². The number of hydrogen-bond acceptors (Lipinski definition) is 3. The highest BCUT2D eigenvalue weighted by Gasteiger charge is 2.42. The lowest BCUT2D eigenvalue weighted by Gasteiger charge is -2.39. The van der Waals surface area contributed by atoms with Crippen LogP contribution in [-0.2, 0) is 22.4 Å². The van der Waals surface area contributed by atoms with E-state index in [1.165, 1.54) is 0 Å². The molecule has 216 valence electrons. The van der Waals surface area contributed by atoms with E-state index in [9.17, 15) is 14.4 Å². The van der Waals surface area contributed by atoms with Crippen LogP contribution in [0, 0.1) is 6.92 Å². The summed E-state index contributed by atoms with van der Waals surface area (Å²) in [5.41, 5.74) is 2.49. The fraction of sp³-hybridized carbons (Fsp3) is 0.306. The summed E-state index contributed by atoms with van der Waals surface area (Å²) in [6, 6.07) is 31.4. The summed E-state index contributed by atoms with van der Waals surface area (Å²) in [5, 5.41) is 8.56. The van der Waals surface area contributed by atoms with E-state index in [0.29, 0.717) is 24.8 Å². The number of nitrogens with zero attached hydrogens (tertiary/aromatic N) is 1. The monoisotopic (exact) mass is 561 g/mol. The number of carbonyl (C=O) groups is 3. The molecule has 1 saturated carbocycles. The van der Waals surface area contributed by atoms with Gasteiger partial charge in [0.05, 0.1) is 6.42 Å². The molecular weight excluding hydrogens is 522 g/mol. The first-order chi connectivity index (χ1) is 20.3. The Labute approximate surface area is 248 Å². The van der Waals surface area contributed by atoms with Gasteiger partial charge in [-0.1, -0.05) is 110 Å². The fourth-order valence-corrected chi connectivity index (χ4v) is 5.79. The van der Waals surface area contributed by atoms with Crippen LogP contribution in [0.15, 0.2) is 97.1 Å². The van der Waals surface area contributed by atoms with Crippen LogP contribution in [0.25, 0.3) is 10.8 Å². The fourth-order valence-electron chi connectivity index (χ4n) is 5.79. The Balaban J connectivity index is 1.41. The van der Waals surface area contributed by atoms with Gasteiger partial charge in [-0.05, 0) is 53.8 Å². The summed E-state index contributed by atoms with van der Waals surface area (Å²) in [7, 11) is 1.75. The molecule has 1 atom stereocenters. The van der Waals surface area contributed by atoms with Gasteiger partial charge in [0.2, 0.25) is 11.8 Å². The maximum absolute atomic E-state index is 14.2. The van der Waals surface area contributed by atoms with Gasteiger partial charge in [-0.3, -0.25) is 14.4 Å². The molecule has 4 aromatic carbocycles. The Hall–Kier alpha value is -4.45. The molecule has 1 aliphatic carbocycles. The van der Waals surface area contributed by atoms with Gasteiger partial charge in [-0.15, -0.1) is 0 Å². The van der Waals surface area contributed by atoms with Crippen molar-refractivity contribution in [2.24, 2.45) is 0 Å². The number of amides is 3. The Kier molecular flexibility index (Phi) is 9.01. The van der Waals surface area contributed by atoms with E-state index in [-0.39, 0.29) is 24.1 Å². The van der Waals surface area contributed by atoms with Crippen molar-refractivity contribution >= 4 is 28.5 Å². The number of likely N-dealkylation sites (N-methyl/N-ethyl adjacent to an activating group) is 1. The van der Waals surface area contributed by atoms with Gasteiger partial charge in [0, 0.05) is 19.0 Å². The van der Waals surface area contributed by atoms with E-state index in [1.54, 1.807) is 24.1 Å². The van der Waals surface area contributed by atoms with Crippen LogP contribution < -0.4 is 10.6 Å². The van der Waals surface area contributed by atoms with Crippen LogP contribution in [0.1, 0.15) is 59.2 Å². The molecule has 42 heavy (non-hydrogen) atoms. The van der Waals surface area contributed by atoms with E-state index < -0.39 is 11.7 Å². The second-order valence-electron chi connectivity index (χ2n) is 11.5. The predicted molar refractivity (Wildman–Crippen MR) is 167 cm³/mol. The van der Waals surface area contributed by atoms with Crippen LogP contribution in [0.2, 0.25) is 0 Å². The molecule has 4 aromatic rings. The van der Waals surface area contributed by atoms with Crippen molar-refractivity contribution in [1.29, 1.82) is 0 Å². The summed E-state index contributed by atoms with van der Waals surface area (Å²) in [4.78, 5) is 42.6. The van der Waals surface area contributed by atoms with Crippen LogP contribution in [0.4, 0.5) is 0 Å². The number of rotatable bonds is 9. The molecule has 6 heteroatoms. The first-order valence-electron chi connectivity index (χ1n) is 14.8. The van der Waals surface area contributed by atoms with E-state index in [4.69, 9.17) is 0 Å². The zero-order valence-corrected chi connectivity index (χ0v) is 24.4. The number of nitrogens with one attached hydrogen (secondary N) is 2. The molecule has 0 spiro atoms. The van der Waals surface area contributed by atoms with Crippen molar-refractivity contribution in [3.05, 3.63) is 119 Å². The predicted octanol–water partition coefficient (Wildman–Crippen LogP) is 5.97. The molecule has 0 heterocycles. The van der Waals surface area contributed by atoms with Crippen molar-refractivity contribution in [3.8, 4) is 0 Å². The van der Waals surface area contributed by atoms with Crippen molar-refractivity contribution in [1.82, 2.24) is 15.5 Å². The molecule has 1 fully saturated rings. The third-order valence-electron chi connectivity index (χ3n) is 8.41. The molecule has 1 aliphatic rings. The van der Waals surface area contributed by atoms with E-state index in [0.717, 1.165) is 46.7 Å². The van der Waals surface area contributed by atoms with Gasteiger partial charge in [-0.25, -0.2) is 0 Å². The maximum atomic E-state index is 14.2. The molecule has 5 rings (SSSR count). The number of benzene rings is 4. The quantitative estimate of drug-likeness (QED) is 0.247. The van der Waals surface area contributed by atoms with Gasteiger partial charge >= 0.3 is 0 Å². The van der Waals surface area contributed by atoms with E-state index in [1.807, 2.05) is 67.6 Å². The summed E-state index contributed by atoms with van der Waals surface area (Å²) in [6.07, 6.45) is 3.91. The van der Waals surface area contributed by atoms with Crippen LogP contribution in [0.5, 0.6) is 0 Å². The van der Waals surface area contributed by atoms with Gasteiger partial charge in [0.1, 0.15) is 11.7 Å². The third-order valence-corrected chi connectivity index (χ3v) is 8.41. The molecule has 6 nitrogen and oxygen atoms in total. The molecule has 0 bridgehead atoms. The normalized spacial score (nSPS) is 15.0. The minimum Gasteiger partial charge on any atom is -0.338 e. The molecule has 0 radical (unpaired) electrons. The summed E-state index contributed by atoms with van der Waals surface area (Å²) < 4.78 is 0. The number of carbonyl (C=O) groups excluding carboxylic acids is 3. The molecule has 2 N–H and O–H groups in total. The minimum absolute atomic E-state index is 0.0892. The average molecular weight is 562 g/mol. The third kappa shape index (κ3) is 6.88. The molecule has 0 aromatic heterocycles. The SMILES string of the molecule is Cc1ccc(C(=O)NC2(C(=O)NC(Cc3ccc4ccccc4c3)N(C)C(=O)Cc3ccccc3)CCCCC2)cc1. The highest BCUT2D eigenvalue weighted by Crippen LogP contribution is 2.30. The zero-order chi connectivity index (χ0) is 29.5. The van der Waals surface area contributed by atoms with Gasteiger partial charge in [-0.2, -0.15) is 0 Å².